The van der Waals surface area contributed by atoms with E-state index in [4.69, 9.17) is 10.3 Å². The number of benzene rings is 1. The van der Waals surface area contributed by atoms with E-state index in [9.17, 15) is 5.11 Å². The quantitative estimate of drug-likeness (QED) is 0.805. The molecule has 0 aliphatic rings. The van der Waals surface area contributed by atoms with Gasteiger partial charge < -0.3 is 8.93 Å². The highest BCUT2D eigenvalue weighted by molar-refractivity contribution is 9.06. The van der Waals surface area contributed by atoms with Crippen LogP contribution in [0.4, 0.5) is 0 Å². The highest BCUT2D eigenvalue weighted by Gasteiger charge is 2.05. The number of terminal acetylenes is 1. The zero-order chi connectivity index (χ0) is 9.84. The second-order valence-electron chi connectivity index (χ2n) is 2.67. The van der Waals surface area contributed by atoms with Crippen LogP contribution in [0.5, 0.6) is 5.75 Å². The second-order valence-corrected chi connectivity index (χ2v) is 3.00. The first-order valence-corrected chi connectivity index (χ1v) is 4.37. The molecule has 1 N–H and O–H groups in total. The molecule has 0 radical (unpaired) electrons. The summed E-state index contributed by atoms with van der Waals surface area (Å²) in [6.07, 6.45) is 4.24. The van der Waals surface area contributed by atoms with Crippen LogP contribution in [0.25, 0.3) is 0 Å². The van der Waals surface area contributed by atoms with Crippen molar-refractivity contribution in [1.29, 1.82) is 0 Å². The SMILES string of the molecule is C#CC(O)c1ccc(OBr)c(C)c1. The lowest BCUT2D eigenvalue weighted by Crippen LogP contribution is -1.94. The number of hydrogen-bond acceptors (Lipinski definition) is 2. The van der Waals surface area contributed by atoms with Gasteiger partial charge in [-0.1, -0.05) is 12.0 Å². The van der Waals surface area contributed by atoms with Crippen molar-refractivity contribution in [2.45, 2.75) is 13.0 Å². The van der Waals surface area contributed by atoms with Gasteiger partial charge in [0.15, 0.2) is 16.3 Å². The standard InChI is InChI=1S/C10H9BrO2/c1-3-9(12)8-4-5-10(13-11)7(2)6-8/h1,4-6,9,12H,2H3. The molecule has 0 aliphatic carbocycles. The first-order valence-electron chi connectivity index (χ1n) is 3.72. The first-order chi connectivity index (χ1) is 6.19. The molecule has 0 fully saturated rings. The fraction of sp³-hybridized carbons (Fsp3) is 0.200. The molecular formula is C10H9BrO2. The van der Waals surface area contributed by atoms with Crippen LogP contribution >= 0.6 is 16.3 Å². The normalized spacial score (nSPS) is 11.8. The van der Waals surface area contributed by atoms with Crippen molar-refractivity contribution >= 4 is 16.3 Å². The summed E-state index contributed by atoms with van der Waals surface area (Å²) in [4.78, 5) is 0. The van der Waals surface area contributed by atoms with Crippen molar-refractivity contribution in [3.05, 3.63) is 29.3 Å². The highest BCUT2D eigenvalue weighted by Crippen LogP contribution is 2.23. The number of hydrogen-bond donors (Lipinski definition) is 1. The third kappa shape index (κ3) is 2.24. The molecule has 13 heavy (non-hydrogen) atoms. The molecule has 1 aromatic carbocycles. The Labute approximate surface area is 86.0 Å². The second kappa shape index (κ2) is 4.31. The minimum atomic E-state index is -0.844. The first kappa shape index (κ1) is 10.1. The summed E-state index contributed by atoms with van der Waals surface area (Å²) in [5.74, 6) is 2.96. The van der Waals surface area contributed by atoms with E-state index in [2.05, 4.69) is 22.2 Å². The van der Waals surface area contributed by atoms with E-state index < -0.39 is 6.10 Å². The number of rotatable bonds is 2. The lowest BCUT2D eigenvalue weighted by atomic mass is 10.1. The van der Waals surface area contributed by atoms with Crippen molar-refractivity contribution in [1.82, 2.24) is 0 Å². The minimum absolute atomic E-state index is 0.702. The Kier molecular flexibility index (Phi) is 3.35. The summed E-state index contributed by atoms with van der Waals surface area (Å²) < 4.78 is 4.89. The Bertz CT molecular complexity index is 341. The monoisotopic (exact) mass is 240 g/mol. The summed E-state index contributed by atoms with van der Waals surface area (Å²) in [5.41, 5.74) is 1.62. The molecule has 1 aromatic rings. The van der Waals surface area contributed by atoms with Crippen LogP contribution in [0.2, 0.25) is 0 Å². The molecule has 1 rings (SSSR count). The van der Waals surface area contributed by atoms with Crippen molar-refractivity contribution in [2.24, 2.45) is 0 Å². The van der Waals surface area contributed by atoms with E-state index in [1.54, 1.807) is 18.2 Å². The highest BCUT2D eigenvalue weighted by atomic mass is 79.9. The van der Waals surface area contributed by atoms with Crippen molar-refractivity contribution in [3.8, 4) is 18.1 Å². The maximum Gasteiger partial charge on any atom is 0.179 e. The third-order valence-corrected chi connectivity index (χ3v) is 2.10. The summed E-state index contributed by atoms with van der Waals surface area (Å²) >= 11 is 2.88. The zero-order valence-corrected chi connectivity index (χ0v) is 8.71. The topological polar surface area (TPSA) is 29.5 Å². The van der Waals surface area contributed by atoms with Gasteiger partial charge in [-0.25, -0.2) is 0 Å². The van der Waals surface area contributed by atoms with Gasteiger partial charge in [0.2, 0.25) is 0 Å². The molecule has 0 bridgehead atoms. The van der Waals surface area contributed by atoms with E-state index in [1.165, 1.54) is 0 Å². The molecule has 68 valence electrons. The molecule has 0 saturated heterocycles. The smallest absolute Gasteiger partial charge is 0.179 e. The Balaban J connectivity index is 3.04. The van der Waals surface area contributed by atoms with E-state index in [-0.39, 0.29) is 0 Å². The Morgan fingerprint density at radius 1 is 1.62 bits per heavy atom. The average molecular weight is 241 g/mol. The predicted octanol–water partition coefficient (Wildman–Crippen LogP) is 2.35. The molecule has 0 saturated carbocycles. The largest absolute Gasteiger partial charge is 0.418 e. The lowest BCUT2D eigenvalue weighted by molar-refractivity contribution is 0.238. The third-order valence-electron chi connectivity index (χ3n) is 1.76. The molecule has 0 aliphatic heterocycles. The van der Waals surface area contributed by atoms with Gasteiger partial charge >= 0.3 is 0 Å². The summed E-state index contributed by atoms with van der Waals surface area (Å²) in [6, 6.07) is 5.27. The number of halogens is 1. The number of aliphatic hydroxyl groups is 1. The van der Waals surface area contributed by atoms with Crippen molar-refractivity contribution in [2.75, 3.05) is 0 Å². The van der Waals surface area contributed by atoms with Gasteiger partial charge in [0.25, 0.3) is 0 Å². The van der Waals surface area contributed by atoms with Gasteiger partial charge in [-0.05, 0) is 30.2 Å². The average Bonchev–Trinajstić information content (AvgIpc) is 2.16. The Hall–Kier alpha value is -0.980. The van der Waals surface area contributed by atoms with Gasteiger partial charge in [-0.3, -0.25) is 0 Å². The van der Waals surface area contributed by atoms with Crippen LogP contribution in [-0.2, 0) is 0 Å². The van der Waals surface area contributed by atoms with Gasteiger partial charge in [0.1, 0.15) is 11.9 Å². The summed E-state index contributed by atoms with van der Waals surface area (Å²) in [7, 11) is 0. The van der Waals surface area contributed by atoms with E-state index in [1.807, 2.05) is 6.92 Å². The molecular weight excluding hydrogens is 232 g/mol. The predicted molar refractivity (Wildman–Crippen MR) is 54.5 cm³/mol. The van der Waals surface area contributed by atoms with Crippen LogP contribution in [0, 0.1) is 19.3 Å². The molecule has 0 aromatic heterocycles. The maximum atomic E-state index is 9.33. The van der Waals surface area contributed by atoms with Gasteiger partial charge in [-0.15, -0.1) is 6.42 Å². The fourth-order valence-electron chi connectivity index (χ4n) is 1.03. The van der Waals surface area contributed by atoms with Crippen LogP contribution in [-0.4, -0.2) is 5.11 Å². The van der Waals surface area contributed by atoms with Crippen molar-refractivity contribution in [3.63, 3.8) is 0 Å². The number of aryl methyl sites for hydroxylation is 1. The van der Waals surface area contributed by atoms with Crippen LogP contribution in [0.3, 0.4) is 0 Å². The van der Waals surface area contributed by atoms with Crippen LogP contribution in [0.15, 0.2) is 18.2 Å². The zero-order valence-electron chi connectivity index (χ0n) is 7.12. The van der Waals surface area contributed by atoms with Crippen molar-refractivity contribution < 1.29 is 8.93 Å². The van der Waals surface area contributed by atoms with E-state index >= 15 is 0 Å². The van der Waals surface area contributed by atoms with Crippen LogP contribution < -0.4 is 3.83 Å². The Morgan fingerprint density at radius 3 is 2.77 bits per heavy atom. The minimum Gasteiger partial charge on any atom is -0.418 e. The summed E-state index contributed by atoms with van der Waals surface area (Å²) in [6.45, 7) is 1.88. The molecule has 0 heterocycles. The lowest BCUT2D eigenvalue weighted by Gasteiger charge is -2.07. The molecule has 1 unspecified atom stereocenters. The van der Waals surface area contributed by atoms with Crippen LogP contribution in [0.1, 0.15) is 17.2 Å². The van der Waals surface area contributed by atoms with Gasteiger partial charge in [0.05, 0.1) is 0 Å². The Morgan fingerprint density at radius 2 is 2.31 bits per heavy atom. The number of aliphatic hydroxyl groups excluding tert-OH is 1. The maximum absolute atomic E-state index is 9.33. The molecule has 3 heteroatoms. The molecule has 2 nitrogen and oxygen atoms in total. The fourth-order valence-corrected chi connectivity index (χ4v) is 1.39. The summed E-state index contributed by atoms with van der Waals surface area (Å²) in [5, 5.41) is 9.33. The molecule has 0 spiro atoms. The van der Waals surface area contributed by atoms with E-state index in [0.29, 0.717) is 11.3 Å². The molecule has 1 atom stereocenters. The van der Waals surface area contributed by atoms with Gasteiger partial charge in [-0.2, -0.15) is 0 Å². The van der Waals surface area contributed by atoms with E-state index in [0.717, 1.165) is 5.56 Å². The molecule has 0 amide bonds. The van der Waals surface area contributed by atoms with Gasteiger partial charge in [0, 0.05) is 0 Å².